The molecule has 2 rings (SSSR count). The second kappa shape index (κ2) is 4.95. The van der Waals surface area contributed by atoms with E-state index < -0.39 is 0 Å². The molecular formula is C12H21N3O. The predicted molar refractivity (Wildman–Crippen MR) is 62.1 cm³/mol. The fourth-order valence-electron chi connectivity index (χ4n) is 1.61. The van der Waals surface area contributed by atoms with E-state index in [0.717, 1.165) is 30.8 Å². The molecule has 1 aromatic rings. The molecule has 0 amide bonds. The van der Waals surface area contributed by atoms with Gasteiger partial charge in [0.05, 0.1) is 6.54 Å². The van der Waals surface area contributed by atoms with E-state index in [2.05, 4.69) is 36.0 Å². The van der Waals surface area contributed by atoms with E-state index >= 15 is 0 Å². The lowest BCUT2D eigenvalue weighted by atomic mass is 10.1. The topological polar surface area (TPSA) is 42.2 Å². The fourth-order valence-corrected chi connectivity index (χ4v) is 1.61. The van der Waals surface area contributed by atoms with Crippen LogP contribution in [0.15, 0.2) is 4.42 Å². The predicted octanol–water partition coefficient (Wildman–Crippen LogP) is 2.42. The number of rotatable bonds is 6. The van der Waals surface area contributed by atoms with Crippen molar-refractivity contribution in [3.05, 3.63) is 11.8 Å². The maximum absolute atomic E-state index is 5.62. The lowest BCUT2D eigenvalue weighted by Gasteiger charge is -2.15. The van der Waals surface area contributed by atoms with Crippen LogP contribution in [0.25, 0.3) is 0 Å². The number of aromatic nitrogens is 2. The molecule has 0 unspecified atom stereocenters. The standard InChI is InChI=1S/C12H21N3O/c1-9(2)6-7-15(3)8-11-13-14-12(16-11)10-4-5-10/h9-10H,4-8H2,1-3H3. The molecule has 0 aliphatic heterocycles. The van der Waals surface area contributed by atoms with E-state index in [-0.39, 0.29) is 0 Å². The summed E-state index contributed by atoms with van der Waals surface area (Å²) in [5.74, 6) is 2.90. The summed E-state index contributed by atoms with van der Waals surface area (Å²) in [5, 5.41) is 8.17. The third kappa shape index (κ3) is 3.30. The van der Waals surface area contributed by atoms with Crippen molar-refractivity contribution in [2.75, 3.05) is 13.6 Å². The quantitative estimate of drug-likeness (QED) is 0.742. The Bertz CT molecular complexity index is 331. The molecule has 16 heavy (non-hydrogen) atoms. The van der Waals surface area contributed by atoms with Gasteiger partial charge >= 0.3 is 0 Å². The third-order valence-corrected chi connectivity index (χ3v) is 2.90. The molecule has 0 aromatic carbocycles. The zero-order valence-corrected chi connectivity index (χ0v) is 10.4. The van der Waals surface area contributed by atoms with Gasteiger partial charge in [0, 0.05) is 5.92 Å². The van der Waals surface area contributed by atoms with E-state index in [4.69, 9.17) is 4.42 Å². The molecule has 4 nitrogen and oxygen atoms in total. The van der Waals surface area contributed by atoms with Gasteiger partial charge in [-0.25, -0.2) is 0 Å². The average Bonchev–Trinajstić information content (AvgIpc) is 2.98. The molecule has 1 fully saturated rings. The maximum Gasteiger partial charge on any atom is 0.230 e. The maximum atomic E-state index is 5.62. The first-order valence-electron chi connectivity index (χ1n) is 6.16. The fraction of sp³-hybridized carbons (Fsp3) is 0.833. The molecule has 0 N–H and O–H groups in total. The summed E-state index contributed by atoms with van der Waals surface area (Å²) in [6.07, 6.45) is 3.63. The van der Waals surface area contributed by atoms with Gasteiger partial charge in [0.1, 0.15) is 0 Å². The first kappa shape index (κ1) is 11.6. The molecule has 1 aromatic heterocycles. The summed E-state index contributed by atoms with van der Waals surface area (Å²) >= 11 is 0. The molecule has 0 bridgehead atoms. The van der Waals surface area contributed by atoms with E-state index in [9.17, 15) is 0 Å². The highest BCUT2D eigenvalue weighted by atomic mass is 16.4. The molecule has 1 saturated carbocycles. The first-order valence-corrected chi connectivity index (χ1v) is 6.16. The highest BCUT2D eigenvalue weighted by molar-refractivity contribution is 5.00. The van der Waals surface area contributed by atoms with Crippen molar-refractivity contribution in [1.82, 2.24) is 15.1 Å². The highest BCUT2D eigenvalue weighted by Gasteiger charge is 2.29. The molecule has 4 heteroatoms. The van der Waals surface area contributed by atoms with Crippen molar-refractivity contribution in [1.29, 1.82) is 0 Å². The van der Waals surface area contributed by atoms with Gasteiger partial charge in [0.25, 0.3) is 0 Å². The van der Waals surface area contributed by atoms with Gasteiger partial charge in [0.15, 0.2) is 0 Å². The Morgan fingerprint density at radius 3 is 2.75 bits per heavy atom. The number of nitrogens with zero attached hydrogens (tertiary/aromatic N) is 3. The monoisotopic (exact) mass is 223 g/mol. The average molecular weight is 223 g/mol. The van der Waals surface area contributed by atoms with Crippen LogP contribution in [0.3, 0.4) is 0 Å². The van der Waals surface area contributed by atoms with E-state index in [1.165, 1.54) is 19.3 Å². The zero-order chi connectivity index (χ0) is 11.5. The van der Waals surface area contributed by atoms with Crippen molar-refractivity contribution in [3.63, 3.8) is 0 Å². The summed E-state index contributed by atoms with van der Waals surface area (Å²) in [7, 11) is 2.10. The first-order chi connectivity index (χ1) is 7.65. The van der Waals surface area contributed by atoms with E-state index in [1.54, 1.807) is 0 Å². The van der Waals surface area contributed by atoms with Crippen LogP contribution in [0.2, 0.25) is 0 Å². The van der Waals surface area contributed by atoms with Crippen molar-refractivity contribution in [2.24, 2.45) is 5.92 Å². The molecule has 0 spiro atoms. The summed E-state index contributed by atoms with van der Waals surface area (Å²) in [5.41, 5.74) is 0. The lowest BCUT2D eigenvalue weighted by molar-refractivity contribution is 0.269. The van der Waals surface area contributed by atoms with E-state index in [1.807, 2.05) is 0 Å². The minimum Gasteiger partial charge on any atom is -0.424 e. The van der Waals surface area contributed by atoms with Crippen LogP contribution in [0.1, 0.15) is 50.8 Å². The summed E-state index contributed by atoms with van der Waals surface area (Å²) in [4.78, 5) is 2.24. The smallest absolute Gasteiger partial charge is 0.230 e. The van der Waals surface area contributed by atoms with Crippen LogP contribution in [-0.2, 0) is 6.54 Å². The largest absolute Gasteiger partial charge is 0.424 e. The van der Waals surface area contributed by atoms with Gasteiger partial charge in [0.2, 0.25) is 11.8 Å². The molecule has 0 saturated heterocycles. The minimum absolute atomic E-state index is 0.558. The molecule has 1 aliphatic rings. The van der Waals surface area contributed by atoms with Gasteiger partial charge in [-0.15, -0.1) is 10.2 Å². The third-order valence-electron chi connectivity index (χ3n) is 2.90. The molecule has 1 heterocycles. The number of hydrogen-bond acceptors (Lipinski definition) is 4. The summed E-state index contributed by atoms with van der Waals surface area (Å²) in [6, 6.07) is 0. The van der Waals surface area contributed by atoms with Crippen LogP contribution >= 0.6 is 0 Å². The Labute approximate surface area is 97.0 Å². The molecular weight excluding hydrogens is 202 g/mol. The second-order valence-corrected chi connectivity index (χ2v) is 5.23. The zero-order valence-electron chi connectivity index (χ0n) is 10.4. The Morgan fingerprint density at radius 2 is 2.12 bits per heavy atom. The van der Waals surface area contributed by atoms with Crippen LogP contribution in [0.5, 0.6) is 0 Å². The molecule has 0 radical (unpaired) electrons. The van der Waals surface area contributed by atoms with Gasteiger partial charge in [-0.05, 0) is 38.8 Å². The Morgan fingerprint density at radius 1 is 1.38 bits per heavy atom. The van der Waals surface area contributed by atoms with Crippen LogP contribution in [0, 0.1) is 5.92 Å². The van der Waals surface area contributed by atoms with Crippen LogP contribution in [-0.4, -0.2) is 28.7 Å². The van der Waals surface area contributed by atoms with Crippen molar-refractivity contribution < 1.29 is 4.42 Å². The van der Waals surface area contributed by atoms with Gasteiger partial charge in [-0.3, -0.25) is 4.90 Å². The Balaban J connectivity index is 1.78. The Hall–Kier alpha value is -0.900. The van der Waals surface area contributed by atoms with Crippen molar-refractivity contribution in [2.45, 2.75) is 45.6 Å². The highest BCUT2D eigenvalue weighted by Crippen LogP contribution is 2.39. The SMILES string of the molecule is CC(C)CCN(C)Cc1nnc(C2CC2)o1. The molecule has 90 valence electrons. The minimum atomic E-state index is 0.558. The number of hydrogen-bond donors (Lipinski definition) is 0. The normalized spacial score (nSPS) is 16.3. The van der Waals surface area contributed by atoms with Gasteiger partial charge < -0.3 is 4.42 Å². The lowest BCUT2D eigenvalue weighted by Crippen LogP contribution is -2.20. The van der Waals surface area contributed by atoms with Crippen LogP contribution < -0.4 is 0 Å². The van der Waals surface area contributed by atoms with Crippen molar-refractivity contribution in [3.8, 4) is 0 Å². The summed E-state index contributed by atoms with van der Waals surface area (Å²) in [6.45, 7) is 6.34. The molecule has 1 aliphatic carbocycles. The van der Waals surface area contributed by atoms with Gasteiger partial charge in [-0.2, -0.15) is 0 Å². The van der Waals surface area contributed by atoms with Gasteiger partial charge in [-0.1, -0.05) is 13.8 Å². The summed E-state index contributed by atoms with van der Waals surface area (Å²) < 4.78 is 5.62. The second-order valence-electron chi connectivity index (χ2n) is 5.23. The van der Waals surface area contributed by atoms with Crippen LogP contribution in [0.4, 0.5) is 0 Å². The van der Waals surface area contributed by atoms with Crippen molar-refractivity contribution >= 4 is 0 Å². The Kier molecular flexibility index (Phi) is 3.59. The molecule has 0 atom stereocenters. The van der Waals surface area contributed by atoms with E-state index in [0.29, 0.717) is 5.92 Å².